The van der Waals surface area contributed by atoms with E-state index in [4.69, 9.17) is 9.15 Å². The van der Waals surface area contributed by atoms with Crippen LogP contribution in [0.25, 0.3) is 6.08 Å². The number of carbonyl (C=O) groups excluding carboxylic acids is 1. The lowest BCUT2D eigenvalue weighted by Gasteiger charge is -1.95. The maximum Gasteiger partial charge on any atom is 0.363 e. The van der Waals surface area contributed by atoms with E-state index in [1.54, 1.807) is 18.2 Å². The Morgan fingerprint density at radius 3 is 2.63 bits per heavy atom. The highest BCUT2D eigenvalue weighted by Gasteiger charge is 2.25. The number of hydrogen-bond acceptors (Lipinski definition) is 4. The predicted molar refractivity (Wildman–Crippen MR) is 70.5 cm³/mol. The summed E-state index contributed by atoms with van der Waals surface area (Å²) in [5.41, 5.74) is 2.34. The summed E-state index contributed by atoms with van der Waals surface area (Å²) in [5, 5.41) is 0. The van der Waals surface area contributed by atoms with Gasteiger partial charge in [0.15, 0.2) is 11.5 Å². The van der Waals surface area contributed by atoms with Crippen molar-refractivity contribution >= 4 is 17.9 Å². The van der Waals surface area contributed by atoms with E-state index in [-0.39, 0.29) is 11.6 Å². The highest BCUT2D eigenvalue weighted by Crippen LogP contribution is 2.19. The topological polar surface area (TPSA) is 51.8 Å². The van der Waals surface area contributed by atoms with E-state index in [0.717, 1.165) is 11.1 Å². The monoisotopic (exact) mass is 253 g/mol. The summed E-state index contributed by atoms with van der Waals surface area (Å²) in [6, 6.07) is 11.2. The first-order valence-electron chi connectivity index (χ1n) is 5.85. The van der Waals surface area contributed by atoms with Crippen LogP contribution in [0.1, 0.15) is 16.9 Å². The molecular formula is C15H11NO3. The molecule has 0 atom stereocenters. The number of esters is 1. The average Bonchev–Trinajstić information content (AvgIpc) is 3.03. The van der Waals surface area contributed by atoms with Crippen molar-refractivity contribution < 1.29 is 13.9 Å². The van der Waals surface area contributed by atoms with E-state index in [1.165, 1.54) is 6.26 Å². The Morgan fingerprint density at radius 1 is 1.16 bits per heavy atom. The number of carbonyl (C=O) groups is 1. The van der Waals surface area contributed by atoms with Crippen molar-refractivity contribution in [1.82, 2.24) is 0 Å². The Balaban J connectivity index is 1.92. The molecule has 0 unspecified atom stereocenters. The van der Waals surface area contributed by atoms with Crippen LogP contribution in [0.5, 0.6) is 0 Å². The Labute approximate surface area is 110 Å². The van der Waals surface area contributed by atoms with Crippen molar-refractivity contribution in [3.05, 3.63) is 65.2 Å². The molecule has 4 heteroatoms. The van der Waals surface area contributed by atoms with Gasteiger partial charge in [0.05, 0.1) is 6.26 Å². The molecule has 0 saturated carbocycles. The third-order valence-corrected chi connectivity index (χ3v) is 2.73. The van der Waals surface area contributed by atoms with Gasteiger partial charge >= 0.3 is 5.97 Å². The van der Waals surface area contributed by atoms with Gasteiger partial charge in [0.25, 0.3) is 5.90 Å². The van der Waals surface area contributed by atoms with Crippen LogP contribution >= 0.6 is 0 Å². The smallest absolute Gasteiger partial charge is 0.363 e. The Morgan fingerprint density at radius 2 is 1.95 bits per heavy atom. The number of ether oxygens (including phenoxy) is 1. The van der Waals surface area contributed by atoms with Crippen LogP contribution < -0.4 is 0 Å². The van der Waals surface area contributed by atoms with Crippen LogP contribution in [0.15, 0.2) is 57.8 Å². The normalized spacial score (nSPS) is 16.6. The number of rotatable bonds is 2. The lowest BCUT2D eigenvalue weighted by atomic mass is 10.1. The summed E-state index contributed by atoms with van der Waals surface area (Å²) in [5.74, 6) is 0.181. The largest absolute Gasteiger partial charge is 0.459 e. The van der Waals surface area contributed by atoms with E-state index in [2.05, 4.69) is 4.99 Å². The first kappa shape index (κ1) is 11.5. The zero-order valence-electron chi connectivity index (χ0n) is 10.3. The van der Waals surface area contributed by atoms with Gasteiger partial charge in [-0.1, -0.05) is 29.8 Å². The molecule has 0 saturated heterocycles. The number of cyclic esters (lactones) is 1. The standard InChI is InChI=1S/C15H11NO3/c1-10-4-6-11(7-5-10)9-12-15(17)19-14(16-12)13-3-2-8-18-13/h2-9H,1H3/b12-9+. The lowest BCUT2D eigenvalue weighted by molar-refractivity contribution is -0.130. The first-order chi connectivity index (χ1) is 9.22. The molecule has 19 heavy (non-hydrogen) atoms. The highest BCUT2D eigenvalue weighted by molar-refractivity contribution is 6.11. The minimum absolute atomic E-state index is 0.202. The van der Waals surface area contributed by atoms with E-state index < -0.39 is 5.97 Å². The highest BCUT2D eigenvalue weighted by atomic mass is 16.6. The summed E-state index contributed by atoms with van der Waals surface area (Å²) in [6.45, 7) is 2.01. The zero-order valence-corrected chi connectivity index (χ0v) is 10.3. The summed E-state index contributed by atoms with van der Waals surface area (Å²) in [6.07, 6.45) is 3.20. The Bertz CT molecular complexity index is 664. The maximum atomic E-state index is 11.7. The van der Waals surface area contributed by atoms with Gasteiger partial charge in [-0.3, -0.25) is 0 Å². The second-order valence-electron chi connectivity index (χ2n) is 4.22. The summed E-state index contributed by atoms with van der Waals surface area (Å²) >= 11 is 0. The molecule has 0 spiro atoms. The van der Waals surface area contributed by atoms with Crippen molar-refractivity contribution in [1.29, 1.82) is 0 Å². The third kappa shape index (κ3) is 2.33. The SMILES string of the molecule is Cc1ccc(/C=C2/N=C(c3ccco3)OC2=O)cc1. The van der Waals surface area contributed by atoms with Crippen molar-refractivity contribution in [2.24, 2.45) is 4.99 Å². The van der Waals surface area contributed by atoms with E-state index in [9.17, 15) is 4.79 Å². The average molecular weight is 253 g/mol. The second-order valence-corrected chi connectivity index (χ2v) is 4.22. The van der Waals surface area contributed by atoms with Crippen LogP contribution in [-0.2, 0) is 9.53 Å². The van der Waals surface area contributed by atoms with Crippen LogP contribution in [-0.4, -0.2) is 11.9 Å². The second kappa shape index (κ2) is 4.57. The Kier molecular flexibility index (Phi) is 2.76. The number of benzene rings is 1. The molecule has 0 N–H and O–H groups in total. The van der Waals surface area contributed by atoms with Gasteiger partial charge in [0.2, 0.25) is 0 Å². The van der Waals surface area contributed by atoms with Gasteiger partial charge in [-0.2, -0.15) is 0 Å². The summed E-state index contributed by atoms with van der Waals surface area (Å²) in [4.78, 5) is 15.8. The molecule has 94 valence electrons. The van der Waals surface area contributed by atoms with E-state index >= 15 is 0 Å². The minimum Gasteiger partial charge on any atom is -0.459 e. The fourth-order valence-electron chi connectivity index (χ4n) is 1.74. The van der Waals surface area contributed by atoms with Crippen molar-refractivity contribution in [3.8, 4) is 0 Å². The quantitative estimate of drug-likeness (QED) is 0.610. The molecule has 1 aliphatic rings. The zero-order chi connectivity index (χ0) is 13.2. The molecule has 0 aliphatic carbocycles. The number of hydrogen-bond donors (Lipinski definition) is 0. The molecule has 2 aromatic rings. The van der Waals surface area contributed by atoms with Gasteiger partial charge in [0.1, 0.15) is 0 Å². The van der Waals surface area contributed by atoms with Crippen LogP contribution in [0, 0.1) is 6.92 Å². The van der Waals surface area contributed by atoms with Gasteiger partial charge in [0, 0.05) is 0 Å². The molecule has 1 aromatic carbocycles. The molecular weight excluding hydrogens is 242 g/mol. The molecule has 0 amide bonds. The van der Waals surface area contributed by atoms with Crippen LogP contribution in [0.4, 0.5) is 0 Å². The van der Waals surface area contributed by atoms with Crippen LogP contribution in [0.2, 0.25) is 0 Å². The Hall–Kier alpha value is -2.62. The summed E-state index contributed by atoms with van der Waals surface area (Å²) < 4.78 is 10.2. The maximum absolute atomic E-state index is 11.7. The van der Waals surface area contributed by atoms with Crippen LogP contribution in [0.3, 0.4) is 0 Å². The van der Waals surface area contributed by atoms with Crippen molar-refractivity contribution in [3.63, 3.8) is 0 Å². The summed E-state index contributed by atoms with van der Waals surface area (Å²) in [7, 11) is 0. The van der Waals surface area contributed by atoms with Crippen molar-refractivity contribution in [2.45, 2.75) is 6.92 Å². The van der Waals surface area contributed by atoms with Gasteiger partial charge in [-0.25, -0.2) is 9.79 Å². The van der Waals surface area contributed by atoms with Crippen molar-refractivity contribution in [2.75, 3.05) is 0 Å². The molecule has 1 aliphatic heterocycles. The minimum atomic E-state index is -0.466. The third-order valence-electron chi connectivity index (χ3n) is 2.73. The van der Waals surface area contributed by atoms with Gasteiger partial charge in [-0.05, 0) is 30.7 Å². The van der Waals surface area contributed by atoms with Gasteiger partial charge in [-0.15, -0.1) is 0 Å². The molecule has 4 nitrogen and oxygen atoms in total. The molecule has 0 bridgehead atoms. The molecule has 2 heterocycles. The number of nitrogens with zero attached hydrogens (tertiary/aromatic N) is 1. The lowest BCUT2D eigenvalue weighted by Crippen LogP contribution is -2.04. The number of aliphatic imine (C=N–C) groups is 1. The predicted octanol–water partition coefficient (Wildman–Crippen LogP) is 2.93. The van der Waals surface area contributed by atoms with E-state index in [1.807, 2.05) is 31.2 Å². The number of furan rings is 1. The molecule has 0 radical (unpaired) electrons. The fraction of sp³-hybridized carbons (Fsp3) is 0.0667. The number of aryl methyl sites for hydroxylation is 1. The molecule has 0 fully saturated rings. The van der Waals surface area contributed by atoms with E-state index in [0.29, 0.717) is 5.76 Å². The molecule has 1 aromatic heterocycles. The van der Waals surface area contributed by atoms with Gasteiger partial charge < -0.3 is 9.15 Å². The fourth-order valence-corrected chi connectivity index (χ4v) is 1.74. The first-order valence-corrected chi connectivity index (χ1v) is 5.85. The molecule has 3 rings (SSSR count).